The first-order valence-electron chi connectivity index (χ1n) is 6.44. The van der Waals surface area contributed by atoms with Crippen LogP contribution >= 0.6 is 0 Å². The molecule has 2 amide bonds. The lowest BCUT2D eigenvalue weighted by molar-refractivity contribution is -0.134. The summed E-state index contributed by atoms with van der Waals surface area (Å²) in [4.78, 5) is 24.9. The van der Waals surface area contributed by atoms with Crippen molar-refractivity contribution in [3.8, 4) is 0 Å². The molecule has 0 aromatic heterocycles. The van der Waals surface area contributed by atoms with Crippen LogP contribution in [0.1, 0.15) is 32.6 Å². The summed E-state index contributed by atoms with van der Waals surface area (Å²) in [6.45, 7) is 4.23. The van der Waals surface area contributed by atoms with Gasteiger partial charge in [-0.1, -0.05) is 13.3 Å². The van der Waals surface area contributed by atoms with Crippen LogP contribution in [-0.4, -0.2) is 42.9 Å². The maximum Gasteiger partial charge on any atom is 0.236 e. The summed E-state index contributed by atoms with van der Waals surface area (Å²) < 4.78 is 0. The van der Waals surface area contributed by atoms with Gasteiger partial charge >= 0.3 is 0 Å². The minimum absolute atomic E-state index is 0.0187. The Morgan fingerprint density at radius 1 is 1.35 bits per heavy atom. The van der Waals surface area contributed by atoms with Gasteiger partial charge in [0.15, 0.2) is 0 Å². The molecule has 0 spiro atoms. The fourth-order valence-electron chi connectivity index (χ4n) is 2.05. The van der Waals surface area contributed by atoms with Gasteiger partial charge in [-0.15, -0.1) is 0 Å². The molecular weight excluding hydrogens is 218 g/mol. The summed E-state index contributed by atoms with van der Waals surface area (Å²) in [5.41, 5.74) is 5.31. The van der Waals surface area contributed by atoms with Crippen LogP contribution in [0.4, 0.5) is 0 Å². The molecule has 0 saturated carbocycles. The normalized spacial score (nSPS) is 16.9. The van der Waals surface area contributed by atoms with E-state index >= 15 is 0 Å². The predicted octanol–water partition coefficient (Wildman–Crippen LogP) is 0.100. The molecule has 0 bridgehead atoms. The quantitative estimate of drug-likeness (QED) is 0.670. The second-order valence-corrected chi connectivity index (χ2v) is 4.50. The van der Waals surface area contributed by atoms with Crippen LogP contribution in [0.3, 0.4) is 0 Å². The van der Waals surface area contributed by atoms with Crippen molar-refractivity contribution in [2.75, 3.05) is 26.2 Å². The molecular formula is C12H23N3O2. The molecule has 1 saturated heterocycles. The zero-order valence-corrected chi connectivity index (χ0v) is 10.6. The zero-order valence-electron chi connectivity index (χ0n) is 10.6. The minimum Gasteiger partial charge on any atom is -0.356 e. The third-order valence-electron chi connectivity index (χ3n) is 3.22. The van der Waals surface area contributed by atoms with Crippen LogP contribution in [-0.2, 0) is 9.59 Å². The molecule has 1 fully saturated rings. The molecule has 1 aliphatic rings. The van der Waals surface area contributed by atoms with Crippen molar-refractivity contribution in [2.24, 2.45) is 11.7 Å². The van der Waals surface area contributed by atoms with Crippen molar-refractivity contribution in [3.63, 3.8) is 0 Å². The number of carbonyl (C=O) groups is 2. The number of nitrogens with two attached hydrogens (primary N) is 1. The van der Waals surface area contributed by atoms with Gasteiger partial charge in [-0.25, -0.2) is 0 Å². The van der Waals surface area contributed by atoms with E-state index in [9.17, 15) is 9.59 Å². The number of rotatable bonds is 5. The van der Waals surface area contributed by atoms with Gasteiger partial charge in [0.25, 0.3) is 0 Å². The van der Waals surface area contributed by atoms with Crippen molar-refractivity contribution in [3.05, 3.63) is 0 Å². The first-order chi connectivity index (χ1) is 8.19. The van der Waals surface area contributed by atoms with Gasteiger partial charge in [-0.3, -0.25) is 9.59 Å². The molecule has 0 aromatic carbocycles. The number of unbranched alkanes of at least 4 members (excludes halogenated alkanes) is 1. The molecule has 3 N–H and O–H groups in total. The van der Waals surface area contributed by atoms with Crippen molar-refractivity contribution >= 4 is 11.8 Å². The first-order valence-corrected chi connectivity index (χ1v) is 6.44. The summed E-state index contributed by atoms with van der Waals surface area (Å²) in [5.74, 6) is 0.182. The molecule has 0 atom stereocenters. The Morgan fingerprint density at radius 3 is 2.53 bits per heavy atom. The molecule has 1 rings (SSSR count). The first kappa shape index (κ1) is 14.0. The van der Waals surface area contributed by atoms with Gasteiger partial charge in [0, 0.05) is 25.6 Å². The van der Waals surface area contributed by atoms with E-state index in [0.717, 1.165) is 32.2 Å². The van der Waals surface area contributed by atoms with Gasteiger partial charge in [-0.2, -0.15) is 0 Å². The van der Waals surface area contributed by atoms with Gasteiger partial charge in [0.2, 0.25) is 11.8 Å². The Kier molecular flexibility index (Phi) is 5.97. The van der Waals surface area contributed by atoms with Crippen LogP contribution in [0, 0.1) is 5.92 Å². The summed E-state index contributed by atoms with van der Waals surface area (Å²) in [6, 6.07) is 0. The van der Waals surface area contributed by atoms with Crippen LogP contribution in [0.15, 0.2) is 0 Å². The summed E-state index contributed by atoms with van der Waals surface area (Å²) in [7, 11) is 0. The van der Waals surface area contributed by atoms with Crippen LogP contribution in [0.25, 0.3) is 0 Å². The van der Waals surface area contributed by atoms with E-state index in [0.29, 0.717) is 13.1 Å². The average Bonchev–Trinajstić information content (AvgIpc) is 2.38. The maximum absolute atomic E-state index is 11.8. The van der Waals surface area contributed by atoms with Crippen LogP contribution in [0.2, 0.25) is 0 Å². The lowest BCUT2D eigenvalue weighted by atomic mass is 9.96. The lowest BCUT2D eigenvalue weighted by Gasteiger charge is -2.31. The van der Waals surface area contributed by atoms with Crippen molar-refractivity contribution in [2.45, 2.75) is 32.6 Å². The number of nitrogens with one attached hydrogen (secondary N) is 1. The van der Waals surface area contributed by atoms with Crippen molar-refractivity contribution in [1.82, 2.24) is 10.2 Å². The second kappa shape index (κ2) is 7.27. The highest BCUT2D eigenvalue weighted by Crippen LogP contribution is 2.17. The van der Waals surface area contributed by atoms with E-state index in [-0.39, 0.29) is 24.3 Å². The Morgan fingerprint density at radius 2 is 2.00 bits per heavy atom. The molecule has 5 heteroatoms. The number of hydrogen-bond acceptors (Lipinski definition) is 3. The number of carbonyl (C=O) groups excluding carboxylic acids is 2. The summed E-state index contributed by atoms with van der Waals surface area (Å²) >= 11 is 0. The van der Waals surface area contributed by atoms with Gasteiger partial charge < -0.3 is 16.0 Å². The fourth-order valence-corrected chi connectivity index (χ4v) is 2.05. The third kappa shape index (κ3) is 4.34. The van der Waals surface area contributed by atoms with Crippen molar-refractivity contribution in [1.29, 1.82) is 0 Å². The minimum atomic E-state index is -0.0187. The highest BCUT2D eigenvalue weighted by atomic mass is 16.2. The molecule has 0 aromatic rings. The highest BCUT2D eigenvalue weighted by Gasteiger charge is 2.26. The van der Waals surface area contributed by atoms with E-state index in [1.165, 1.54) is 0 Å². The van der Waals surface area contributed by atoms with Gasteiger partial charge in [0.1, 0.15) is 0 Å². The summed E-state index contributed by atoms with van der Waals surface area (Å²) in [6.07, 6.45) is 3.62. The number of nitrogens with zero attached hydrogens (tertiary/aromatic N) is 1. The van der Waals surface area contributed by atoms with Gasteiger partial charge in [-0.05, 0) is 19.3 Å². The molecule has 1 aliphatic heterocycles. The predicted molar refractivity (Wildman–Crippen MR) is 66.3 cm³/mol. The van der Waals surface area contributed by atoms with E-state index in [2.05, 4.69) is 12.2 Å². The fraction of sp³-hybridized carbons (Fsp3) is 0.833. The monoisotopic (exact) mass is 241 g/mol. The number of likely N-dealkylation sites (tertiary alicyclic amines) is 1. The Bertz CT molecular complexity index is 260. The Labute approximate surface area is 103 Å². The van der Waals surface area contributed by atoms with E-state index in [4.69, 9.17) is 5.73 Å². The number of hydrogen-bond donors (Lipinski definition) is 2. The molecule has 17 heavy (non-hydrogen) atoms. The Hall–Kier alpha value is -1.10. The van der Waals surface area contributed by atoms with Crippen molar-refractivity contribution < 1.29 is 9.59 Å². The largest absolute Gasteiger partial charge is 0.356 e. The van der Waals surface area contributed by atoms with E-state index < -0.39 is 0 Å². The summed E-state index contributed by atoms with van der Waals surface area (Å²) in [5, 5.41) is 2.94. The average molecular weight is 241 g/mol. The third-order valence-corrected chi connectivity index (χ3v) is 3.22. The molecule has 0 aliphatic carbocycles. The molecule has 1 heterocycles. The van der Waals surface area contributed by atoms with Crippen LogP contribution < -0.4 is 11.1 Å². The highest BCUT2D eigenvalue weighted by molar-refractivity contribution is 5.80. The topological polar surface area (TPSA) is 75.4 Å². The Balaban J connectivity index is 2.26. The number of piperidine rings is 1. The molecule has 5 nitrogen and oxygen atoms in total. The van der Waals surface area contributed by atoms with E-state index in [1.807, 2.05) is 0 Å². The second-order valence-electron chi connectivity index (χ2n) is 4.50. The smallest absolute Gasteiger partial charge is 0.236 e. The lowest BCUT2D eigenvalue weighted by Crippen LogP contribution is -2.45. The maximum atomic E-state index is 11.8. The molecule has 98 valence electrons. The SMILES string of the molecule is CCCCNC(=O)C1CCN(C(=O)CN)CC1. The zero-order chi connectivity index (χ0) is 12.7. The van der Waals surface area contributed by atoms with Gasteiger partial charge in [0.05, 0.1) is 6.54 Å². The van der Waals surface area contributed by atoms with E-state index in [1.54, 1.807) is 4.90 Å². The number of amides is 2. The molecule has 0 unspecified atom stereocenters. The van der Waals surface area contributed by atoms with Crippen LogP contribution in [0.5, 0.6) is 0 Å². The molecule has 0 radical (unpaired) electrons. The standard InChI is InChI=1S/C12H23N3O2/c1-2-3-6-14-12(17)10-4-7-15(8-5-10)11(16)9-13/h10H,2-9,13H2,1H3,(H,14,17).